The molecular weight excluding hydrogens is 640 g/mol. The Labute approximate surface area is 295 Å². The van der Waals surface area contributed by atoms with Crippen molar-refractivity contribution in [2.75, 3.05) is 20.6 Å². The maximum absolute atomic E-state index is 14.1. The van der Waals surface area contributed by atoms with Gasteiger partial charge in [-0.25, -0.2) is 14.8 Å². The molecular formula is C38H53N4O8+. The second-order valence-electron chi connectivity index (χ2n) is 16.3. The zero-order valence-electron chi connectivity index (χ0n) is 31.2. The molecule has 5 aliphatic rings. The Balaban J connectivity index is 1.46. The minimum Gasteiger partial charge on any atom is -0.479 e. The SMILES string of the molecule is CC1OC2=CC=C(C(C3CCCC(C[N+](C)(C(=O)OC(C)(C)C)C4=CC=C5OC(C)C(=O)N=C5C4)C3)N(C)C(=O)OC(C)(C)C)CC2=NC1=O. The molecule has 12 heteroatoms. The van der Waals surface area contributed by atoms with E-state index in [1.165, 1.54) is 0 Å². The summed E-state index contributed by atoms with van der Waals surface area (Å²) in [7, 11) is 3.64. The average molecular weight is 694 g/mol. The van der Waals surface area contributed by atoms with Crippen molar-refractivity contribution >= 4 is 35.4 Å². The van der Waals surface area contributed by atoms with E-state index in [1.54, 1.807) is 31.9 Å². The van der Waals surface area contributed by atoms with Gasteiger partial charge in [0.15, 0.2) is 12.2 Å². The van der Waals surface area contributed by atoms with Gasteiger partial charge in [0.25, 0.3) is 11.8 Å². The molecule has 0 aromatic rings. The predicted octanol–water partition coefficient (Wildman–Crippen LogP) is 6.57. The molecule has 0 spiro atoms. The Hall–Kier alpha value is -4.06. The maximum Gasteiger partial charge on any atom is 0.521 e. The van der Waals surface area contributed by atoms with Crippen LogP contribution in [0.3, 0.4) is 0 Å². The number of allylic oxidation sites excluding steroid dienone is 7. The van der Waals surface area contributed by atoms with Crippen LogP contribution in [0.15, 0.2) is 57.1 Å². The molecule has 5 rings (SSSR count). The maximum atomic E-state index is 14.1. The van der Waals surface area contributed by atoms with Gasteiger partial charge in [0, 0.05) is 19.4 Å². The highest BCUT2D eigenvalue weighted by atomic mass is 16.6. The molecule has 0 saturated heterocycles. The van der Waals surface area contributed by atoms with E-state index in [4.69, 9.17) is 18.9 Å². The molecule has 0 N–H and O–H groups in total. The van der Waals surface area contributed by atoms with Crippen LogP contribution in [-0.2, 0) is 28.5 Å². The van der Waals surface area contributed by atoms with Gasteiger partial charge in [-0.1, -0.05) is 12.5 Å². The van der Waals surface area contributed by atoms with Crippen LogP contribution < -0.4 is 0 Å². The lowest BCUT2D eigenvalue weighted by Gasteiger charge is -2.43. The third-order valence-electron chi connectivity index (χ3n) is 9.76. The van der Waals surface area contributed by atoms with E-state index in [-0.39, 0.29) is 46.7 Å². The van der Waals surface area contributed by atoms with Crippen molar-refractivity contribution in [3.8, 4) is 0 Å². The Kier molecular flexibility index (Phi) is 10.4. The summed E-state index contributed by atoms with van der Waals surface area (Å²) < 4.78 is 23.4. The lowest BCUT2D eigenvalue weighted by Crippen LogP contribution is -2.55. The summed E-state index contributed by atoms with van der Waals surface area (Å²) in [6.45, 7) is 14.9. The van der Waals surface area contributed by atoms with E-state index < -0.39 is 29.5 Å². The molecule has 0 bridgehead atoms. The number of ether oxygens (including phenoxy) is 4. The van der Waals surface area contributed by atoms with Crippen LogP contribution in [0.1, 0.15) is 93.9 Å². The van der Waals surface area contributed by atoms with Crippen molar-refractivity contribution in [3.63, 3.8) is 0 Å². The molecule has 6 unspecified atom stereocenters. The van der Waals surface area contributed by atoms with Gasteiger partial charge in [0.1, 0.15) is 28.4 Å². The van der Waals surface area contributed by atoms with Crippen molar-refractivity contribution in [1.82, 2.24) is 4.90 Å². The van der Waals surface area contributed by atoms with Gasteiger partial charge in [-0.3, -0.25) is 9.59 Å². The highest BCUT2D eigenvalue weighted by Crippen LogP contribution is 2.41. The van der Waals surface area contributed by atoms with Crippen LogP contribution in [0.5, 0.6) is 0 Å². The van der Waals surface area contributed by atoms with Crippen molar-refractivity contribution < 1.29 is 42.6 Å². The van der Waals surface area contributed by atoms with Crippen LogP contribution in [0.25, 0.3) is 0 Å². The van der Waals surface area contributed by atoms with E-state index in [2.05, 4.69) is 9.98 Å². The zero-order valence-corrected chi connectivity index (χ0v) is 31.2. The van der Waals surface area contributed by atoms with Gasteiger partial charge in [-0.2, -0.15) is 9.28 Å². The number of hydrogen-bond donors (Lipinski definition) is 0. The molecule has 0 aromatic carbocycles. The summed E-state index contributed by atoms with van der Waals surface area (Å²) in [5.41, 5.74) is 1.38. The van der Waals surface area contributed by atoms with Crippen LogP contribution in [0.4, 0.5) is 9.59 Å². The highest BCUT2D eigenvalue weighted by Gasteiger charge is 2.47. The number of quaternary nitrogens is 1. The molecule has 272 valence electrons. The molecule has 50 heavy (non-hydrogen) atoms. The fourth-order valence-electron chi connectivity index (χ4n) is 7.37. The number of likely N-dealkylation sites (N-methyl/N-ethyl adjacent to an activating group) is 1. The second-order valence-corrected chi connectivity index (χ2v) is 16.3. The molecule has 0 aromatic heterocycles. The van der Waals surface area contributed by atoms with Crippen LogP contribution in [-0.4, -0.2) is 94.9 Å². The first kappa shape index (κ1) is 37.2. The summed E-state index contributed by atoms with van der Waals surface area (Å²) in [6, 6.07) is -0.344. The van der Waals surface area contributed by atoms with Crippen molar-refractivity contribution in [1.29, 1.82) is 0 Å². The first-order valence-electron chi connectivity index (χ1n) is 17.7. The molecule has 2 heterocycles. The normalized spacial score (nSPS) is 27.2. The summed E-state index contributed by atoms with van der Waals surface area (Å²) in [6.07, 6.45) is 9.43. The Bertz CT molecular complexity index is 1620. The highest BCUT2D eigenvalue weighted by molar-refractivity contribution is 6.10. The summed E-state index contributed by atoms with van der Waals surface area (Å²) in [5, 5.41) is 0. The van der Waals surface area contributed by atoms with E-state index >= 15 is 0 Å². The Morgan fingerprint density at radius 3 is 2.02 bits per heavy atom. The summed E-state index contributed by atoms with van der Waals surface area (Å²) in [4.78, 5) is 62.9. The Morgan fingerprint density at radius 1 is 0.880 bits per heavy atom. The van der Waals surface area contributed by atoms with Crippen molar-refractivity contribution in [2.45, 2.75) is 123 Å². The molecule has 0 radical (unpaired) electrons. The molecule has 4 amide bonds. The molecule has 12 nitrogen and oxygen atoms in total. The number of fused-ring (bicyclic) bond motifs is 2. The van der Waals surface area contributed by atoms with Crippen molar-refractivity contribution in [2.24, 2.45) is 21.8 Å². The van der Waals surface area contributed by atoms with E-state index in [9.17, 15) is 19.2 Å². The minimum atomic E-state index is -0.718. The van der Waals surface area contributed by atoms with Gasteiger partial charge in [0.2, 0.25) is 0 Å². The van der Waals surface area contributed by atoms with Gasteiger partial charge in [-0.05, 0) is 104 Å². The molecule has 6 atom stereocenters. The fraction of sp³-hybridized carbons (Fsp3) is 0.632. The predicted molar refractivity (Wildman–Crippen MR) is 188 cm³/mol. The molecule has 1 saturated carbocycles. The number of hydrogen-bond acceptors (Lipinski definition) is 8. The smallest absolute Gasteiger partial charge is 0.479 e. The number of carbonyl (C=O) groups is 4. The number of amides is 4. The average Bonchev–Trinajstić information content (AvgIpc) is 3.00. The van der Waals surface area contributed by atoms with Gasteiger partial charge < -0.3 is 23.8 Å². The first-order valence-corrected chi connectivity index (χ1v) is 17.7. The largest absolute Gasteiger partial charge is 0.521 e. The first-order chi connectivity index (χ1) is 23.2. The van der Waals surface area contributed by atoms with E-state index in [0.717, 1.165) is 37.0 Å². The van der Waals surface area contributed by atoms with Crippen molar-refractivity contribution in [3.05, 3.63) is 47.1 Å². The quantitative estimate of drug-likeness (QED) is 0.286. The topological polar surface area (TPSA) is 133 Å². The lowest BCUT2D eigenvalue weighted by molar-refractivity contribution is -0.805. The van der Waals surface area contributed by atoms with Crippen LogP contribution in [0, 0.1) is 11.8 Å². The fourth-order valence-corrected chi connectivity index (χ4v) is 7.37. The molecule has 1 fully saturated rings. The second kappa shape index (κ2) is 13.9. The van der Waals surface area contributed by atoms with Crippen LogP contribution >= 0.6 is 0 Å². The summed E-state index contributed by atoms with van der Waals surface area (Å²) >= 11 is 0. The molecule has 2 aliphatic heterocycles. The third-order valence-corrected chi connectivity index (χ3v) is 9.76. The number of aliphatic imine (C=N–C) groups is 2. The number of nitrogens with zero attached hydrogens (tertiary/aromatic N) is 4. The number of carbonyl (C=O) groups excluding carboxylic acids is 4. The van der Waals surface area contributed by atoms with Gasteiger partial charge in [-0.15, -0.1) is 0 Å². The minimum absolute atomic E-state index is 0.0290. The van der Waals surface area contributed by atoms with E-state index in [0.29, 0.717) is 35.9 Å². The Morgan fingerprint density at radius 2 is 1.44 bits per heavy atom. The van der Waals surface area contributed by atoms with Gasteiger partial charge >= 0.3 is 12.2 Å². The summed E-state index contributed by atoms with van der Waals surface area (Å²) in [5.74, 6) is 0.574. The zero-order chi connectivity index (χ0) is 36.8. The van der Waals surface area contributed by atoms with Gasteiger partial charge in [0.05, 0.1) is 37.5 Å². The van der Waals surface area contributed by atoms with E-state index in [1.807, 2.05) is 66.8 Å². The third kappa shape index (κ3) is 8.28. The number of rotatable bonds is 6. The monoisotopic (exact) mass is 693 g/mol. The van der Waals surface area contributed by atoms with Crippen LogP contribution in [0.2, 0.25) is 0 Å². The standard InChI is InChI=1S/C38H53N4O8/c1-22-33(43)39-28-19-26(14-16-30(28)47-22)32(41(9)35(45)49-37(3,4)5)25-13-11-12-24(18-25)21-42(10,36(46)50-38(6,7)8)27-15-17-31-29(20-27)40-34(44)23(2)48-31/h14-17,22-25,32H,11-13,18-21H2,1-10H3/q+1. The lowest BCUT2D eigenvalue weighted by atomic mass is 9.73. The molecule has 3 aliphatic carbocycles.